The van der Waals surface area contributed by atoms with Crippen LogP contribution in [0.4, 0.5) is 14.5 Å². The van der Waals surface area contributed by atoms with Gasteiger partial charge in [0.15, 0.2) is 11.6 Å². The Morgan fingerprint density at radius 2 is 2.21 bits per heavy atom. The highest BCUT2D eigenvalue weighted by Crippen LogP contribution is 2.13. The number of carbonyl (C=O) groups excluding carboxylic acids is 1. The van der Waals surface area contributed by atoms with Gasteiger partial charge in [0.05, 0.1) is 6.54 Å². The minimum atomic E-state index is -0.964. The third kappa shape index (κ3) is 3.71. The predicted molar refractivity (Wildman–Crippen MR) is 68.9 cm³/mol. The summed E-state index contributed by atoms with van der Waals surface area (Å²) in [5, 5.41) is 5.73. The van der Waals surface area contributed by atoms with E-state index in [1.807, 2.05) is 11.9 Å². The van der Waals surface area contributed by atoms with Crippen molar-refractivity contribution in [3.05, 3.63) is 29.8 Å². The van der Waals surface area contributed by atoms with Gasteiger partial charge in [0.1, 0.15) is 0 Å². The lowest BCUT2D eigenvalue weighted by molar-refractivity contribution is -0.117. The van der Waals surface area contributed by atoms with Gasteiger partial charge in [-0.15, -0.1) is 0 Å². The van der Waals surface area contributed by atoms with Crippen LogP contribution in [0.2, 0.25) is 0 Å². The van der Waals surface area contributed by atoms with Crippen LogP contribution in [0.1, 0.15) is 6.42 Å². The number of nitrogens with one attached hydrogen (secondary N) is 2. The van der Waals surface area contributed by atoms with E-state index in [1.165, 1.54) is 6.07 Å². The van der Waals surface area contributed by atoms with E-state index in [4.69, 9.17) is 0 Å². The summed E-state index contributed by atoms with van der Waals surface area (Å²) >= 11 is 0. The van der Waals surface area contributed by atoms with Crippen LogP contribution in [0.5, 0.6) is 0 Å². The standard InChI is InChI=1S/C13H17F2N3O/c1-16-10-4-5-18(7-10)8-13(19)17-9-2-3-11(14)12(15)6-9/h2-3,6,10,16H,4-5,7-8H2,1H3,(H,17,19). The SMILES string of the molecule is CNC1CCN(CC(=O)Nc2ccc(F)c(F)c2)C1. The Hall–Kier alpha value is -1.53. The molecule has 4 nitrogen and oxygen atoms in total. The molecule has 0 aromatic heterocycles. The number of hydrogen-bond donors (Lipinski definition) is 2. The van der Waals surface area contributed by atoms with Gasteiger partial charge in [0.2, 0.25) is 5.91 Å². The quantitative estimate of drug-likeness (QED) is 0.863. The summed E-state index contributed by atoms with van der Waals surface area (Å²) in [6.07, 6.45) is 1.01. The zero-order valence-corrected chi connectivity index (χ0v) is 10.7. The Labute approximate surface area is 110 Å². The van der Waals surface area contributed by atoms with Gasteiger partial charge >= 0.3 is 0 Å². The Morgan fingerprint density at radius 3 is 2.84 bits per heavy atom. The van der Waals surface area contributed by atoms with Crippen LogP contribution in [0, 0.1) is 11.6 Å². The molecule has 2 N–H and O–H groups in total. The molecule has 1 fully saturated rings. The summed E-state index contributed by atoms with van der Waals surface area (Å²) in [6, 6.07) is 3.73. The van der Waals surface area contributed by atoms with Crippen molar-refractivity contribution in [3.8, 4) is 0 Å². The average Bonchev–Trinajstić information content (AvgIpc) is 2.81. The highest BCUT2D eigenvalue weighted by Gasteiger charge is 2.22. The van der Waals surface area contributed by atoms with Crippen molar-refractivity contribution >= 4 is 11.6 Å². The highest BCUT2D eigenvalue weighted by atomic mass is 19.2. The Bertz CT molecular complexity index is 467. The summed E-state index contributed by atoms with van der Waals surface area (Å²) < 4.78 is 25.7. The first-order valence-electron chi connectivity index (χ1n) is 6.23. The molecule has 1 aromatic rings. The van der Waals surface area contributed by atoms with Gasteiger partial charge in [-0.25, -0.2) is 8.78 Å². The molecule has 1 aromatic carbocycles. The largest absolute Gasteiger partial charge is 0.325 e. The third-order valence-corrected chi connectivity index (χ3v) is 3.25. The van der Waals surface area contributed by atoms with Crippen molar-refractivity contribution in [2.24, 2.45) is 0 Å². The van der Waals surface area contributed by atoms with Crippen LogP contribution in [-0.4, -0.2) is 43.5 Å². The van der Waals surface area contributed by atoms with Gasteiger partial charge < -0.3 is 10.6 Å². The first-order chi connectivity index (χ1) is 9.08. The van der Waals surface area contributed by atoms with Crippen LogP contribution < -0.4 is 10.6 Å². The van der Waals surface area contributed by atoms with Crippen LogP contribution in [0.3, 0.4) is 0 Å². The topological polar surface area (TPSA) is 44.4 Å². The van der Waals surface area contributed by atoms with Gasteiger partial charge in [-0.05, 0) is 25.6 Å². The maximum atomic E-state index is 13.0. The maximum Gasteiger partial charge on any atom is 0.238 e. The molecule has 0 bridgehead atoms. The number of carbonyl (C=O) groups is 1. The Kier molecular flexibility index (Phi) is 4.44. The summed E-state index contributed by atoms with van der Waals surface area (Å²) in [7, 11) is 1.90. The molecule has 1 aliphatic rings. The van der Waals surface area contributed by atoms with Crippen LogP contribution in [0.25, 0.3) is 0 Å². The normalized spacial score (nSPS) is 19.6. The molecule has 0 aliphatic carbocycles. The lowest BCUT2D eigenvalue weighted by Gasteiger charge is -2.15. The number of nitrogens with zero attached hydrogens (tertiary/aromatic N) is 1. The average molecular weight is 269 g/mol. The molecule has 2 rings (SSSR count). The van der Waals surface area contributed by atoms with E-state index in [0.717, 1.165) is 31.6 Å². The first kappa shape index (κ1) is 13.9. The van der Waals surface area contributed by atoms with Crippen LogP contribution >= 0.6 is 0 Å². The van der Waals surface area contributed by atoms with Gasteiger partial charge in [0, 0.05) is 30.9 Å². The lowest BCUT2D eigenvalue weighted by Crippen LogP contribution is -2.34. The van der Waals surface area contributed by atoms with Crippen molar-refractivity contribution in [1.82, 2.24) is 10.2 Å². The van der Waals surface area contributed by atoms with E-state index in [2.05, 4.69) is 10.6 Å². The number of likely N-dealkylation sites (tertiary alicyclic amines) is 1. The fraction of sp³-hybridized carbons (Fsp3) is 0.462. The molecule has 19 heavy (non-hydrogen) atoms. The number of halogens is 2. The molecular weight excluding hydrogens is 252 g/mol. The van der Waals surface area contributed by atoms with Gasteiger partial charge in [0.25, 0.3) is 0 Å². The lowest BCUT2D eigenvalue weighted by atomic mass is 10.3. The van der Waals surface area contributed by atoms with Crippen molar-refractivity contribution in [1.29, 1.82) is 0 Å². The number of amides is 1. The molecule has 1 saturated heterocycles. The smallest absolute Gasteiger partial charge is 0.238 e. The minimum absolute atomic E-state index is 0.220. The number of likely N-dealkylation sites (N-methyl/N-ethyl adjacent to an activating group) is 1. The molecule has 1 amide bonds. The zero-order valence-electron chi connectivity index (χ0n) is 10.7. The molecule has 0 saturated carbocycles. The Balaban J connectivity index is 1.86. The van der Waals surface area contributed by atoms with E-state index in [-0.39, 0.29) is 18.1 Å². The molecule has 0 spiro atoms. The fourth-order valence-corrected chi connectivity index (χ4v) is 2.19. The maximum absolute atomic E-state index is 13.0. The summed E-state index contributed by atoms with van der Waals surface area (Å²) in [5.41, 5.74) is 0.272. The summed E-state index contributed by atoms with van der Waals surface area (Å²) in [4.78, 5) is 13.8. The molecule has 1 unspecified atom stereocenters. The van der Waals surface area contributed by atoms with Crippen molar-refractivity contribution in [2.45, 2.75) is 12.5 Å². The van der Waals surface area contributed by atoms with E-state index in [9.17, 15) is 13.6 Å². The van der Waals surface area contributed by atoms with Gasteiger partial charge in [-0.3, -0.25) is 9.69 Å². The predicted octanol–water partition coefficient (Wildman–Crippen LogP) is 1.20. The van der Waals surface area contributed by atoms with Gasteiger partial charge in [-0.1, -0.05) is 0 Å². The second-order valence-electron chi connectivity index (χ2n) is 4.69. The van der Waals surface area contributed by atoms with Crippen molar-refractivity contribution < 1.29 is 13.6 Å². The molecule has 6 heteroatoms. The molecule has 0 radical (unpaired) electrons. The van der Waals surface area contributed by atoms with Crippen LogP contribution in [-0.2, 0) is 4.79 Å². The Morgan fingerprint density at radius 1 is 1.42 bits per heavy atom. The number of benzene rings is 1. The number of hydrogen-bond acceptors (Lipinski definition) is 3. The van der Waals surface area contributed by atoms with E-state index in [1.54, 1.807) is 0 Å². The van der Waals surface area contributed by atoms with Crippen molar-refractivity contribution in [2.75, 3.05) is 32.0 Å². The molecule has 1 heterocycles. The molecule has 1 aliphatic heterocycles. The second kappa shape index (κ2) is 6.08. The summed E-state index contributed by atoms with van der Waals surface area (Å²) in [5.74, 6) is -2.11. The zero-order chi connectivity index (χ0) is 13.8. The second-order valence-corrected chi connectivity index (χ2v) is 4.69. The molecule has 104 valence electrons. The number of rotatable bonds is 4. The first-order valence-corrected chi connectivity index (χ1v) is 6.23. The molecular formula is C13H17F2N3O. The fourth-order valence-electron chi connectivity index (χ4n) is 2.19. The summed E-state index contributed by atoms with van der Waals surface area (Å²) in [6.45, 7) is 1.94. The highest BCUT2D eigenvalue weighted by molar-refractivity contribution is 5.92. The number of anilines is 1. The third-order valence-electron chi connectivity index (χ3n) is 3.25. The van der Waals surface area contributed by atoms with Crippen molar-refractivity contribution in [3.63, 3.8) is 0 Å². The van der Waals surface area contributed by atoms with Crippen LogP contribution in [0.15, 0.2) is 18.2 Å². The van der Waals surface area contributed by atoms with E-state index in [0.29, 0.717) is 6.04 Å². The van der Waals surface area contributed by atoms with E-state index < -0.39 is 11.6 Å². The minimum Gasteiger partial charge on any atom is -0.325 e. The van der Waals surface area contributed by atoms with Gasteiger partial charge in [-0.2, -0.15) is 0 Å². The molecule has 1 atom stereocenters. The van der Waals surface area contributed by atoms with E-state index >= 15 is 0 Å². The monoisotopic (exact) mass is 269 g/mol.